The first-order valence-electron chi connectivity index (χ1n) is 4.92. The highest BCUT2D eigenvalue weighted by Gasteiger charge is 2.16. The van der Waals surface area contributed by atoms with Crippen LogP contribution in [0.5, 0.6) is 0 Å². The Balaban J connectivity index is 2.02. The smallest absolute Gasteiger partial charge is 0.161 e. The van der Waals surface area contributed by atoms with Crippen molar-refractivity contribution in [3.8, 4) is 0 Å². The molecule has 1 N–H and O–H groups in total. The molecule has 1 aliphatic heterocycles. The van der Waals surface area contributed by atoms with E-state index in [-0.39, 0.29) is 0 Å². The van der Waals surface area contributed by atoms with Gasteiger partial charge in [-0.05, 0) is 0 Å². The van der Waals surface area contributed by atoms with Crippen LogP contribution < -0.4 is 4.90 Å². The normalized spacial score (nSPS) is 17.2. The Labute approximate surface area is 86.3 Å². The lowest BCUT2D eigenvalue weighted by Gasteiger charge is -2.26. The molecule has 3 heterocycles. The van der Waals surface area contributed by atoms with Gasteiger partial charge in [-0.15, -0.1) is 0 Å². The van der Waals surface area contributed by atoms with Crippen LogP contribution in [0.3, 0.4) is 0 Å². The molecule has 1 fully saturated rings. The van der Waals surface area contributed by atoms with E-state index in [0.717, 1.165) is 43.2 Å². The zero-order valence-electron chi connectivity index (χ0n) is 8.18. The second-order valence-electron chi connectivity index (χ2n) is 3.43. The second kappa shape index (κ2) is 3.47. The molecule has 1 saturated heterocycles. The minimum absolute atomic E-state index is 0.752. The number of nitrogens with zero attached hydrogens (tertiary/aromatic N) is 4. The van der Waals surface area contributed by atoms with Crippen molar-refractivity contribution in [2.75, 3.05) is 31.2 Å². The minimum atomic E-state index is 0.752. The number of H-pyrrole nitrogens is 1. The SMILES string of the molecule is c1ncc2c(N3CCOCC3)n[nH]c2n1. The molecule has 6 heteroatoms. The van der Waals surface area contributed by atoms with E-state index >= 15 is 0 Å². The van der Waals surface area contributed by atoms with Gasteiger partial charge in [-0.1, -0.05) is 0 Å². The Morgan fingerprint density at radius 1 is 1.33 bits per heavy atom. The summed E-state index contributed by atoms with van der Waals surface area (Å²) in [4.78, 5) is 10.3. The average Bonchev–Trinajstić information content (AvgIpc) is 2.74. The number of morpholine rings is 1. The van der Waals surface area contributed by atoms with Gasteiger partial charge in [0.05, 0.1) is 18.6 Å². The van der Waals surface area contributed by atoms with Gasteiger partial charge in [0.15, 0.2) is 11.5 Å². The van der Waals surface area contributed by atoms with Crippen LogP contribution in [-0.4, -0.2) is 46.5 Å². The van der Waals surface area contributed by atoms with E-state index in [1.165, 1.54) is 6.33 Å². The van der Waals surface area contributed by atoms with E-state index in [1.807, 2.05) is 0 Å². The number of nitrogens with one attached hydrogen (secondary N) is 1. The first kappa shape index (κ1) is 8.60. The van der Waals surface area contributed by atoms with Crippen LogP contribution in [0.2, 0.25) is 0 Å². The van der Waals surface area contributed by atoms with E-state index in [1.54, 1.807) is 6.20 Å². The summed E-state index contributed by atoms with van der Waals surface area (Å²) in [5, 5.41) is 8.14. The molecule has 1 aliphatic rings. The maximum absolute atomic E-state index is 5.30. The van der Waals surface area contributed by atoms with Gasteiger partial charge < -0.3 is 9.64 Å². The average molecular weight is 205 g/mol. The number of anilines is 1. The van der Waals surface area contributed by atoms with Gasteiger partial charge in [0.25, 0.3) is 0 Å². The van der Waals surface area contributed by atoms with Gasteiger partial charge in [0, 0.05) is 19.3 Å². The quantitative estimate of drug-likeness (QED) is 0.719. The summed E-state index contributed by atoms with van der Waals surface area (Å²) in [5.41, 5.74) is 0.784. The summed E-state index contributed by atoms with van der Waals surface area (Å²) in [6, 6.07) is 0. The lowest BCUT2D eigenvalue weighted by atomic mass is 10.3. The molecule has 0 amide bonds. The molecule has 0 bridgehead atoms. The second-order valence-corrected chi connectivity index (χ2v) is 3.43. The van der Waals surface area contributed by atoms with Gasteiger partial charge in [-0.25, -0.2) is 9.97 Å². The monoisotopic (exact) mass is 205 g/mol. The van der Waals surface area contributed by atoms with Crippen LogP contribution in [0.25, 0.3) is 11.0 Å². The lowest BCUT2D eigenvalue weighted by molar-refractivity contribution is 0.122. The number of rotatable bonds is 1. The van der Waals surface area contributed by atoms with Gasteiger partial charge in [0.2, 0.25) is 0 Å². The van der Waals surface area contributed by atoms with Crippen molar-refractivity contribution in [3.05, 3.63) is 12.5 Å². The van der Waals surface area contributed by atoms with Gasteiger partial charge in [0.1, 0.15) is 6.33 Å². The standard InChI is InChI=1S/C9H11N5O/c1-3-15-4-2-14(1)9-7-5-10-6-11-8(7)12-13-9/h5-6H,1-4H2,(H,10,11,12,13). The third kappa shape index (κ3) is 1.42. The van der Waals surface area contributed by atoms with Crippen LogP contribution in [0, 0.1) is 0 Å². The van der Waals surface area contributed by atoms with Crippen molar-refractivity contribution < 1.29 is 4.74 Å². The first-order chi connectivity index (χ1) is 7.45. The minimum Gasteiger partial charge on any atom is -0.378 e. The fourth-order valence-electron chi connectivity index (χ4n) is 1.76. The summed E-state index contributed by atoms with van der Waals surface area (Å²) in [5.74, 6) is 0.925. The van der Waals surface area contributed by atoms with Crippen LogP contribution >= 0.6 is 0 Å². The number of hydrogen-bond acceptors (Lipinski definition) is 5. The first-order valence-corrected chi connectivity index (χ1v) is 4.92. The van der Waals surface area contributed by atoms with E-state index in [2.05, 4.69) is 25.1 Å². The van der Waals surface area contributed by atoms with E-state index in [9.17, 15) is 0 Å². The molecular weight excluding hydrogens is 194 g/mol. The zero-order chi connectivity index (χ0) is 10.1. The van der Waals surface area contributed by atoms with Crippen LogP contribution in [-0.2, 0) is 4.74 Å². The largest absolute Gasteiger partial charge is 0.378 e. The van der Waals surface area contributed by atoms with Crippen molar-refractivity contribution >= 4 is 16.9 Å². The maximum Gasteiger partial charge on any atom is 0.161 e. The number of fused-ring (bicyclic) bond motifs is 1. The van der Waals surface area contributed by atoms with Crippen molar-refractivity contribution in [2.24, 2.45) is 0 Å². The zero-order valence-corrected chi connectivity index (χ0v) is 8.18. The molecule has 6 nitrogen and oxygen atoms in total. The Morgan fingerprint density at radius 3 is 3.07 bits per heavy atom. The van der Waals surface area contributed by atoms with E-state index in [0.29, 0.717) is 0 Å². The summed E-state index contributed by atoms with van der Waals surface area (Å²) in [6.45, 7) is 3.24. The Hall–Kier alpha value is -1.69. The molecule has 0 atom stereocenters. The van der Waals surface area contributed by atoms with Crippen LogP contribution in [0.1, 0.15) is 0 Å². The Bertz CT molecular complexity index is 462. The summed E-state index contributed by atoms with van der Waals surface area (Å²) >= 11 is 0. The molecule has 0 aliphatic carbocycles. The fraction of sp³-hybridized carbons (Fsp3) is 0.444. The topological polar surface area (TPSA) is 66.9 Å². The predicted molar refractivity (Wildman–Crippen MR) is 54.7 cm³/mol. The summed E-state index contributed by atoms with van der Waals surface area (Å²) in [6.07, 6.45) is 3.31. The van der Waals surface area contributed by atoms with Gasteiger partial charge in [-0.2, -0.15) is 5.10 Å². The number of aromatic nitrogens is 4. The van der Waals surface area contributed by atoms with Crippen LogP contribution in [0.15, 0.2) is 12.5 Å². The van der Waals surface area contributed by atoms with Crippen molar-refractivity contribution in [2.45, 2.75) is 0 Å². The number of aromatic amines is 1. The highest BCUT2D eigenvalue weighted by Crippen LogP contribution is 2.21. The highest BCUT2D eigenvalue weighted by molar-refractivity contribution is 5.86. The third-order valence-corrected chi connectivity index (χ3v) is 2.53. The Morgan fingerprint density at radius 2 is 2.20 bits per heavy atom. The molecule has 15 heavy (non-hydrogen) atoms. The molecule has 0 saturated carbocycles. The number of ether oxygens (including phenoxy) is 1. The lowest BCUT2D eigenvalue weighted by Crippen LogP contribution is -2.36. The fourth-order valence-corrected chi connectivity index (χ4v) is 1.76. The van der Waals surface area contributed by atoms with Gasteiger partial charge in [-0.3, -0.25) is 5.10 Å². The van der Waals surface area contributed by atoms with Crippen LogP contribution in [0.4, 0.5) is 5.82 Å². The molecule has 78 valence electrons. The maximum atomic E-state index is 5.30. The van der Waals surface area contributed by atoms with E-state index < -0.39 is 0 Å². The molecule has 0 aromatic carbocycles. The highest BCUT2D eigenvalue weighted by atomic mass is 16.5. The predicted octanol–water partition coefficient (Wildman–Crippen LogP) is 0.189. The van der Waals surface area contributed by atoms with E-state index in [4.69, 9.17) is 4.74 Å². The molecule has 0 unspecified atom stereocenters. The molecule has 2 aromatic rings. The summed E-state index contributed by atoms with van der Waals surface area (Å²) in [7, 11) is 0. The molecule has 2 aromatic heterocycles. The summed E-state index contributed by atoms with van der Waals surface area (Å²) < 4.78 is 5.30. The molecule has 0 spiro atoms. The van der Waals surface area contributed by atoms with Gasteiger partial charge >= 0.3 is 0 Å². The van der Waals surface area contributed by atoms with Crippen molar-refractivity contribution in [1.82, 2.24) is 20.2 Å². The molecule has 0 radical (unpaired) electrons. The Kier molecular flexibility index (Phi) is 1.99. The molecule has 3 rings (SSSR count). The van der Waals surface area contributed by atoms with Crippen molar-refractivity contribution in [3.63, 3.8) is 0 Å². The molecular formula is C9H11N5O. The van der Waals surface area contributed by atoms with Crippen molar-refractivity contribution in [1.29, 1.82) is 0 Å². The third-order valence-electron chi connectivity index (χ3n) is 2.53. The number of hydrogen-bond donors (Lipinski definition) is 1.